The fourth-order valence-electron chi connectivity index (χ4n) is 3.27. The molecular formula is C22H38O2. The zero-order chi connectivity index (χ0) is 17.6. The molecule has 1 rings (SSSR count). The number of hydrogen-bond acceptors (Lipinski definition) is 2. The first-order chi connectivity index (χ1) is 11.7. The van der Waals surface area contributed by atoms with Gasteiger partial charge in [-0.1, -0.05) is 78.1 Å². The molecule has 0 aliphatic heterocycles. The Kier molecular flexibility index (Phi) is 11.4. The third kappa shape index (κ3) is 8.61. The van der Waals surface area contributed by atoms with E-state index in [1.54, 1.807) is 6.07 Å². The third-order valence-corrected chi connectivity index (χ3v) is 4.88. The average molecular weight is 335 g/mol. The number of hydrogen-bond donors (Lipinski definition) is 2. The van der Waals surface area contributed by atoms with Crippen molar-refractivity contribution in [1.29, 1.82) is 0 Å². The Hall–Kier alpha value is -1.18. The Labute approximate surface area is 149 Å². The van der Waals surface area contributed by atoms with Crippen molar-refractivity contribution in [1.82, 2.24) is 0 Å². The maximum atomic E-state index is 10.1. The van der Waals surface area contributed by atoms with E-state index in [0.29, 0.717) is 0 Å². The molecule has 2 nitrogen and oxygen atoms in total. The molecule has 0 unspecified atom stereocenters. The zero-order valence-corrected chi connectivity index (χ0v) is 15.9. The van der Waals surface area contributed by atoms with Crippen LogP contribution in [0.4, 0.5) is 0 Å². The molecule has 0 radical (unpaired) electrons. The number of benzene rings is 1. The number of phenols is 2. The van der Waals surface area contributed by atoms with Gasteiger partial charge in [-0.05, 0) is 42.9 Å². The lowest BCUT2D eigenvalue weighted by Gasteiger charge is -2.10. The highest BCUT2D eigenvalue weighted by Gasteiger charge is 2.08. The first-order valence-electron chi connectivity index (χ1n) is 10.2. The van der Waals surface area contributed by atoms with Crippen molar-refractivity contribution in [3.8, 4) is 11.5 Å². The average Bonchev–Trinajstić information content (AvgIpc) is 2.57. The summed E-state index contributed by atoms with van der Waals surface area (Å²) in [6.07, 6.45) is 17.0. The van der Waals surface area contributed by atoms with Gasteiger partial charge in [0.1, 0.15) is 11.5 Å². The van der Waals surface area contributed by atoms with Gasteiger partial charge in [0.15, 0.2) is 0 Å². The molecule has 0 bridgehead atoms. The molecule has 0 spiro atoms. The molecule has 24 heavy (non-hydrogen) atoms. The van der Waals surface area contributed by atoms with Crippen molar-refractivity contribution >= 4 is 0 Å². The first kappa shape index (κ1) is 20.9. The lowest BCUT2D eigenvalue weighted by molar-refractivity contribution is 0.439. The van der Waals surface area contributed by atoms with Crippen LogP contribution in [0.1, 0.15) is 102 Å². The Balaban J connectivity index is 2.37. The van der Waals surface area contributed by atoms with Crippen molar-refractivity contribution in [2.75, 3.05) is 0 Å². The second kappa shape index (κ2) is 13.1. The molecular weight excluding hydrogens is 296 g/mol. The molecule has 1 aromatic rings. The van der Waals surface area contributed by atoms with Crippen LogP contribution in [0.5, 0.6) is 11.5 Å². The summed E-state index contributed by atoms with van der Waals surface area (Å²) in [6, 6.07) is 3.57. The lowest BCUT2D eigenvalue weighted by atomic mass is 9.98. The van der Waals surface area contributed by atoms with Crippen LogP contribution in [-0.2, 0) is 12.8 Å². The molecule has 0 aliphatic rings. The zero-order valence-electron chi connectivity index (χ0n) is 15.9. The molecule has 0 atom stereocenters. The summed E-state index contributed by atoms with van der Waals surface area (Å²) in [4.78, 5) is 0. The van der Waals surface area contributed by atoms with Crippen LogP contribution in [0.3, 0.4) is 0 Å². The summed E-state index contributed by atoms with van der Waals surface area (Å²) in [6.45, 7) is 4.47. The van der Waals surface area contributed by atoms with Gasteiger partial charge < -0.3 is 10.2 Å². The van der Waals surface area contributed by atoms with E-state index in [4.69, 9.17) is 0 Å². The topological polar surface area (TPSA) is 40.5 Å². The van der Waals surface area contributed by atoms with Gasteiger partial charge >= 0.3 is 0 Å². The summed E-state index contributed by atoms with van der Waals surface area (Å²) < 4.78 is 0. The Morgan fingerprint density at radius 1 is 0.542 bits per heavy atom. The molecule has 2 heteroatoms. The summed E-state index contributed by atoms with van der Waals surface area (Å²) >= 11 is 0. The molecule has 0 heterocycles. The van der Waals surface area contributed by atoms with Crippen molar-refractivity contribution in [2.45, 2.75) is 104 Å². The van der Waals surface area contributed by atoms with E-state index < -0.39 is 0 Å². The van der Waals surface area contributed by atoms with Crippen LogP contribution in [0.25, 0.3) is 0 Å². The predicted octanol–water partition coefficient (Wildman–Crippen LogP) is 6.90. The summed E-state index contributed by atoms with van der Waals surface area (Å²) in [5, 5.41) is 20.1. The van der Waals surface area contributed by atoms with Crippen LogP contribution >= 0.6 is 0 Å². The maximum absolute atomic E-state index is 10.1. The largest absolute Gasteiger partial charge is 0.508 e. The first-order valence-corrected chi connectivity index (χ1v) is 10.2. The maximum Gasteiger partial charge on any atom is 0.122 e. The van der Waals surface area contributed by atoms with Crippen LogP contribution in [0.15, 0.2) is 12.1 Å². The highest BCUT2D eigenvalue weighted by Crippen LogP contribution is 2.30. The summed E-state index contributed by atoms with van der Waals surface area (Å²) in [5.74, 6) is 0.514. The van der Waals surface area contributed by atoms with Gasteiger partial charge in [-0.3, -0.25) is 0 Å². The van der Waals surface area contributed by atoms with E-state index >= 15 is 0 Å². The van der Waals surface area contributed by atoms with E-state index in [0.717, 1.165) is 36.8 Å². The van der Waals surface area contributed by atoms with Gasteiger partial charge in [-0.15, -0.1) is 0 Å². The Morgan fingerprint density at radius 3 is 1.33 bits per heavy atom. The van der Waals surface area contributed by atoms with Crippen molar-refractivity contribution in [3.05, 3.63) is 23.3 Å². The smallest absolute Gasteiger partial charge is 0.122 e. The fourth-order valence-corrected chi connectivity index (χ4v) is 3.27. The normalized spacial score (nSPS) is 11.1. The van der Waals surface area contributed by atoms with Crippen LogP contribution in [-0.4, -0.2) is 10.2 Å². The standard InChI is InChI=1S/C22H38O2/c1-3-5-7-9-11-13-15-19-17-20(22(24)18-21(19)23)16-14-12-10-8-6-4-2/h17-18,23-24H,3-16H2,1-2H3. The molecule has 0 aromatic heterocycles. The minimum absolute atomic E-state index is 0.257. The van der Waals surface area contributed by atoms with Crippen LogP contribution in [0.2, 0.25) is 0 Å². The molecule has 0 amide bonds. The van der Waals surface area contributed by atoms with Gasteiger partial charge in [0.25, 0.3) is 0 Å². The van der Waals surface area contributed by atoms with Crippen LogP contribution < -0.4 is 0 Å². The number of phenolic OH excluding ortho intramolecular Hbond substituents is 2. The van der Waals surface area contributed by atoms with Crippen LogP contribution in [0, 0.1) is 0 Å². The van der Waals surface area contributed by atoms with Crippen molar-refractivity contribution in [3.63, 3.8) is 0 Å². The summed E-state index contributed by atoms with van der Waals surface area (Å²) in [5.41, 5.74) is 2.01. The number of aromatic hydroxyl groups is 2. The number of unbranched alkanes of at least 4 members (excludes halogenated alkanes) is 10. The second-order valence-corrected chi connectivity index (χ2v) is 7.15. The van der Waals surface area contributed by atoms with E-state index in [2.05, 4.69) is 13.8 Å². The molecule has 1 aromatic carbocycles. The fraction of sp³-hybridized carbons (Fsp3) is 0.727. The number of rotatable bonds is 14. The third-order valence-electron chi connectivity index (χ3n) is 4.88. The minimum Gasteiger partial charge on any atom is -0.508 e. The van der Waals surface area contributed by atoms with Gasteiger partial charge in [-0.25, -0.2) is 0 Å². The van der Waals surface area contributed by atoms with Gasteiger partial charge in [0.05, 0.1) is 0 Å². The quantitative estimate of drug-likeness (QED) is 0.363. The highest BCUT2D eigenvalue weighted by molar-refractivity contribution is 5.45. The summed E-state index contributed by atoms with van der Waals surface area (Å²) in [7, 11) is 0. The SMILES string of the molecule is CCCCCCCCc1cc(CCCCCCCC)c(O)cc1O. The van der Waals surface area contributed by atoms with Gasteiger partial charge in [0, 0.05) is 6.07 Å². The second-order valence-electron chi connectivity index (χ2n) is 7.15. The highest BCUT2D eigenvalue weighted by atomic mass is 16.3. The molecule has 0 saturated heterocycles. The minimum atomic E-state index is 0.257. The molecule has 0 saturated carbocycles. The Bertz CT molecular complexity index is 403. The molecule has 0 aliphatic carbocycles. The predicted molar refractivity (Wildman–Crippen MR) is 104 cm³/mol. The molecule has 2 N–H and O–H groups in total. The lowest BCUT2D eigenvalue weighted by Crippen LogP contribution is -1.93. The molecule has 138 valence electrons. The van der Waals surface area contributed by atoms with E-state index in [9.17, 15) is 10.2 Å². The van der Waals surface area contributed by atoms with Crippen molar-refractivity contribution in [2.24, 2.45) is 0 Å². The monoisotopic (exact) mass is 334 g/mol. The Morgan fingerprint density at radius 2 is 0.917 bits per heavy atom. The van der Waals surface area contributed by atoms with E-state index in [-0.39, 0.29) is 11.5 Å². The van der Waals surface area contributed by atoms with Gasteiger partial charge in [0.2, 0.25) is 0 Å². The van der Waals surface area contributed by atoms with E-state index in [1.807, 2.05) is 6.07 Å². The van der Waals surface area contributed by atoms with E-state index in [1.165, 1.54) is 64.2 Å². The van der Waals surface area contributed by atoms with Gasteiger partial charge in [-0.2, -0.15) is 0 Å². The number of aryl methyl sites for hydroxylation is 2. The molecule has 0 fully saturated rings. The van der Waals surface area contributed by atoms with Crippen molar-refractivity contribution < 1.29 is 10.2 Å².